The molecule has 2 rings (SSSR count). The van der Waals surface area contributed by atoms with Crippen LogP contribution in [0.2, 0.25) is 0 Å². The predicted octanol–water partition coefficient (Wildman–Crippen LogP) is 1.66. The summed E-state index contributed by atoms with van der Waals surface area (Å²) in [7, 11) is 0. The van der Waals surface area contributed by atoms with Crippen LogP contribution in [0, 0.1) is 6.92 Å². The van der Waals surface area contributed by atoms with Crippen LogP contribution in [0.3, 0.4) is 0 Å². The molecule has 0 bridgehead atoms. The van der Waals surface area contributed by atoms with Gasteiger partial charge in [-0.3, -0.25) is 0 Å². The zero-order valence-electron chi connectivity index (χ0n) is 8.49. The third kappa shape index (κ3) is 1.94. The van der Waals surface area contributed by atoms with Gasteiger partial charge in [0.1, 0.15) is 11.4 Å². The minimum atomic E-state index is -0.814. The summed E-state index contributed by atoms with van der Waals surface area (Å²) in [5, 5.41) is 12.9. The highest BCUT2D eigenvalue weighted by Crippen LogP contribution is 2.33. The molecule has 0 atom stereocenters. The lowest BCUT2D eigenvalue weighted by molar-refractivity contribution is -0.142. The van der Waals surface area contributed by atoms with E-state index in [0.717, 1.165) is 12.8 Å². The van der Waals surface area contributed by atoms with Crippen LogP contribution in [-0.2, 0) is 4.79 Å². The number of carboxylic acids is 1. The van der Waals surface area contributed by atoms with E-state index < -0.39 is 11.5 Å². The van der Waals surface area contributed by atoms with Crippen molar-refractivity contribution in [1.82, 2.24) is 9.36 Å². The second-order valence-corrected chi connectivity index (χ2v) is 4.62. The number of aliphatic carboxylic acids is 1. The molecule has 1 aliphatic rings. The molecule has 0 saturated heterocycles. The van der Waals surface area contributed by atoms with Crippen molar-refractivity contribution in [3.63, 3.8) is 0 Å². The van der Waals surface area contributed by atoms with Crippen molar-refractivity contribution < 1.29 is 9.90 Å². The molecule has 1 aromatic rings. The van der Waals surface area contributed by atoms with E-state index >= 15 is 0 Å². The zero-order chi connectivity index (χ0) is 10.9. The fraction of sp³-hybridized carbons (Fsp3) is 0.667. The molecule has 0 aromatic carbocycles. The summed E-state index contributed by atoms with van der Waals surface area (Å²) in [6, 6.07) is 0. The molecule has 1 heterocycles. The summed E-state index contributed by atoms with van der Waals surface area (Å²) in [5.41, 5.74) is -0.814. The van der Waals surface area contributed by atoms with E-state index in [1.807, 2.05) is 0 Å². The monoisotopic (exact) mass is 227 g/mol. The third-order valence-corrected chi connectivity index (χ3v) is 3.46. The summed E-state index contributed by atoms with van der Waals surface area (Å²) in [4.78, 5) is 15.4. The molecule has 1 fully saturated rings. The van der Waals surface area contributed by atoms with Crippen molar-refractivity contribution in [2.75, 3.05) is 5.32 Å². The number of anilines is 1. The normalized spacial score (nSPS) is 19.0. The Balaban J connectivity index is 2.17. The van der Waals surface area contributed by atoms with Crippen molar-refractivity contribution in [1.29, 1.82) is 0 Å². The number of carboxylic acid groups (broad SMARTS) is 1. The Morgan fingerprint density at radius 1 is 1.53 bits per heavy atom. The molecule has 0 spiro atoms. The van der Waals surface area contributed by atoms with Crippen LogP contribution in [0.4, 0.5) is 5.13 Å². The average Bonchev–Trinajstić information content (AvgIpc) is 2.77. The highest BCUT2D eigenvalue weighted by atomic mass is 32.1. The van der Waals surface area contributed by atoms with Crippen molar-refractivity contribution in [2.24, 2.45) is 0 Å². The minimum absolute atomic E-state index is 0.608. The maximum Gasteiger partial charge on any atom is 0.329 e. The minimum Gasteiger partial charge on any atom is -0.480 e. The van der Waals surface area contributed by atoms with Gasteiger partial charge < -0.3 is 10.4 Å². The Labute approximate surface area is 91.7 Å². The molecule has 5 nitrogen and oxygen atoms in total. The molecule has 0 amide bonds. The van der Waals surface area contributed by atoms with E-state index in [9.17, 15) is 9.90 Å². The summed E-state index contributed by atoms with van der Waals surface area (Å²) >= 11 is 1.22. The number of rotatable bonds is 3. The number of aryl methyl sites for hydroxylation is 1. The van der Waals surface area contributed by atoms with Crippen molar-refractivity contribution in [2.45, 2.75) is 38.1 Å². The third-order valence-electron chi connectivity index (χ3n) is 2.74. The molecule has 82 valence electrons. The highest BCUT2D eigenvalue weighted by Gasteiger charge is 2.41. The van der Waals surface area contributed by atoms with Gasteiger partial charge in [-0.2, -0.15) is 4.37 Å². The number of aromatic nitrogens is 2. The maximum atomic E-state index is 11.2. The molecule has 1 aromatic heterocycles. The van der Waals surface area contributed by atoms with Gasteiger partial charge in [-0.05, 0) is 19.8 Å². The SMILES string of the molecule is Cc1nsc(NC2(C(=O)O)CCCC2)n1. The van der Waals surface area contributed by atoms with Gasteiger partial charge in [0.25, 0.3) is 0 Å². The lowest BCUT2D eigenvalue weighted by atomic mass is 9.98. The van der Waals surface area contributed by atoms with Crippen LogP contribution < -0.4 is 5.32 Å². The van der Waals surface area contributed by atoms with E-state index in [1.165, 1.54) is 11.5 Å². The molecule has 6 heteroatoms. The second-order valence-electron chi connectivity index (χ2n) is 3.87. The van der Waals surface area contributed by atoms with Gasteiger partial charge in [-0.15, -0.1) is 0 Å². The van der Waals surface area contributed by atoms with Crippen LogP contribution in [0.15, 0.2) is 0 Å². The molecule has 1 aliphatic carbocycles. The smallest absolute Gasteiger partial charge is 0.329 e. The average molecular weight is 227 g/mol. The van der Waals surface area contributed by atoms with Gasteiger partial charge in [0, 0.05) is 11.5 Å². The summed E-state index contributed by atoms with van der Waals surface area (Å²) in [6.07, 6.45) is 3.25. The number of nitrogens with zero attached hydrogens (tertiary/aromatic N) is 2. The van der Waals surface area contributed by atoms with Gasteiger partial charge in [-0.1, -0.05) is 12.8 Å². The first-order valence-corrected chi connectivity index (χ1v) is 5.72. The molecule has 0 unspecified atom stereocenters. The van der Waals surface area contributed by atoms with Crippen LogP contribution in [0.25, 0.3) is 0 Å². The zero-order valence-corrected chi connectivity index (χ0v) is 9.30. The lowest BCUT2D eigenvalue weighted by Gasteiger charge is -2.24. The predicted molar refractivity (Wildman–Crippen MR) is 57.1 cm³/mol. The summed E-state index contributed by atoms with van der Waals surface area (Å²) < 4.78 is 4.02. The second kappa shape index (κ2) is 3.77. The van der Waals surface area contributed by atoms with Gasteiger partial charge >= 0.3 is 5.97 Å². The Morgan fingerprint density at radius 2 is 2.20 bits per heavy atom. The number of hydrogen-bond acceptors (Lipinski definition) is 5. The molecule has 0 aliphatic heterocycles. The van der Waals surface area contributed by atoms with Crippen molar-refractivity contribution >= 4 is 22.6 Å². The first kappa shape index (κ1) is 10.4. The van der Waals surface area contributed by atoms with E-state index in [4.69, 9.17) is 0 Å². The van der Waals surface area contributed by atoms with E-state index in [0.29, 0.717) is 23.8 Å². The molecular formula is C9H13N3O2S. The number of hydrogen-bond donors (Lipinski definition) is 2. The van der Waals surface area contributed by atoms with Crippen molar-refractivity contribution in [3.05, 3.63) is 5.82 Å². The molecule has 1 saturated carbocycles. The van der Waals surface area contributed by atoms with E-state index in [2.05, 4.69) is 14.7 Å². The number of carbonyl (C=O) groups is 1. The fourth-order valence-corrected chi connectivity index (χ4v) is 2.60. The topological polar surface area (TPSA) is 75.1 Å². The molecule has 0 radical (unpaired) electrons. The maximum absolute atomic E-state index is 11.2. The first-order chi connectivity index (χ1) is 7.12. The Hall–Kier alpha value is -1.17. The summed E-state index contributed by atoms with van der Waals surface area (Å²) in [6.45, 7) is 1.80. The number of nitrogens with one attached hydrogen (secondary N) is 1. The lowest BCUT2D eigenvalue weighted by Crippen LogP contribution is -2.43. The van der Waals surface area contributed by atoms with Gasteiger partial charge in [0.15, 0.2) is 0 Å². The van der Waals surface area contributed by atoms with Gasteiger partial charge in [0.05, 0.1) is 0 Å². The van der Waals surface area contributed by atoms with Crippen molar-refractivity contribution in [3.8, 4) is 0 Å². The van der Waals surface area contributed by atoms with E-state index in [-0.39, 0.29) is 0 Å². The Kier molecular flexibility index (Phi) is 2.60. The van der Waals surface area contributed by atoms with Crippen LogP contribution in [-0.4, -0.2) is 26.0 Å². The van der Waals surface area contributed by atoms with Crippen LogP contribution in [0.1, 0.15) is 31.5 Å². The van der Waals surface area contributed by atoms with Crippen LogP contribution >= 0.6 is 11.5 Å². The fourth-order valence-electron chi connectivity index (χ4n) is 1.92. The van der Waals surface area contributed by atoms with Gasteiger partial charge in [-0.25, -0.2) is 9.78 Å². The Bertz CT molecular complexity index is 371. The molecule has 2 N–H and O–H groups in total. The first-order valence-electron chi connectivity index (χ1n) is 4.94. The molecule has 15 heavy (non-hydrogen) atoms. The van der Waals surface area contributed by atoms with Gasteiger partial charge in [0.2, 0.25) is 5.13 Å². The highest BCUT2D eigenvalue weighted by molar-refractivity contribution is 7.09. The largest absolute Gasteiger partial charge is 0.480 e. The van der Waals surface area contributed by atoms with E-state index in [1.54, 1.807) is 6.92 Å². The van der Waals surface area contributed by atoms with Crippen LogP contribution in [0.5, 0.6) is 0 Å². The quantitative estimate of drug-likeness (QED) is 0.821. The molecular weight excluding hydrogens is 214 g/mol. The summed E-state index contributed by atoms with van der Waals surface area (Å²) in [5.74, 6) is -0.103. The standard InChI is InChI=1S/C9H13N3O2S/c1-6-10-8(15-12-6)11-9(7(13)14)4-2-3-5-9/h2-5H2,1H3,(H,13,14)(H,10,11,12). The Morgan fingerprint density at radius 3 is 2.67 bits per heavy atom.